The Labute approximate surface area is 92.9 Å². The molecule has 2 aliphatic rings. The van der Waals surface area contributed by atoms with Crippen molar-refractivity contribution in [3.63, 3.8) is 0 Å². The summed E-state index contributed by atoms with van der Waals surface area (Å²) in [5.41, 5.74) is 1.14. The Bertz CT molecular complexity index is 246. The highest BCUT2D eigenvalue weighted by molar-refractivity contribution is 5.95. The summed E-state index contributed by atoms with van der Waals surface area (Å²) < 4.78 is 0. The highest BCUT2D eigenvalue weighted by atomic mass is 16.1. The molecule has 84 valence electrons. The number of hydrogen-bond donors (Lipinski definition) is 0. The van der Waals surface area contributed by atoms with E-state index in [1.54, 1.807) is 0 Å². The molecule has 0 N–H and O–H groups in total. The van der Waals surface area contributed by atoms with E-state index in [0.717, 1.165) is 37.2 Å². The Hall–Kier alpha value is -0.590. The second-order valence-electron chi connectivity index (χ2n) is 5.09. The van der Waals surface area contributed by atoms with Gasteiger partial charge in [-0.1, -0.05) is 31.8 Å². The van der Waals surface area contributed by atoms with Gasteiger partial charge in [0.1, 0.15) is 0 Å². The van der Waals surface area contributed by atoms with Crippen molar-refractivity contribution < 1.29 is 4.79 Å². The van der Waals surface area contributed by atoms with Crippen LogP contribution < -0.4 is 0 Å². The molecule has 0 atom stereocenters. The molecule has 0 heterocycles. The number of hydrogen-bond acceptors (Lipinski definition) is 1. The highest BCUT2D eigenvalue weighted by Gasteiger charge is 2.18. The molecular weight excluding hydrogens is 184 g/mol. The van der Waals surface area contributed by atoms with Crippen molar-refractivity contribution in [3.05, 3.63) is 11.6 Å². The smallest absolute Gasteiger partial charge is 0.158 e. The molecule has 0 radical (unpaired) electrons. The predicted octanol–water partition coefficient (Wildman–Crippen LogP) is 4.03. The van der Waals surface area contributed by atoms with Gasteiger partial charge in [0.05, 0.1) is 0 Å². The summed E-state index contributed by atoms with van der Waals surface area (Å²) in [6.45, 7) is 0. The van der Waals surface area contributed by atoms with E-state index in [0.29, 0.717) is 5.78 Å². The molecule has 0 unspecified atom stereocenters. The highest BCUT2D eigenvalue weighted by Crippen LogP contribution is 2.29. The number of Topliss-reactive ketones (excluding diaryl/α,β-unsaturated/α-hetero) is 1. The van der Waals surface area contributed by atoms with Gasteiger partial charge in [-0.15, -0.1) is 0 Å². The lowest BCUT2D eigenvalue weighted by Crippen LogP contribution is -2.07. The average molecular weight is 206 g/mol. The first-order chi connectivity index (χ1) is 7.36. The van der Waals surface area contributed by atoms with E-state index in [4.69, 9.17) is 0 Å². The number of carbonyl (C=O) groups is 1. The molecule has 0 aliphatic heterocycles. The third-order valence-electron chi connectivity index (χ3n) is 3.90. The van der Waals surface area contributed by atoms with Crippen LogP contribution in [0.5, 0.6) is 0 Å². The Morgan fingerprint density at radius 3 is 2.67 bits per heavy atom. The van der Waals surface area contributed by atoms with Crippen LogP contribution in [-0.4, -0.2) is 5.78 Å². The van der Waals surface area contributed by atoms with Crippen LogP contribution in [-0.2, 0) is 4.79 Å². The second-order valence-corrected chi connectivity index (χ2v) is 5.09. The topological polar surface area (TPSA) is 17.1 Å². The van der Waals surface area contributed by atoms with Crippen molar-refractivity contribution in [2.24, 2.45) is 5.92 Å². The van der Waals surface area contributed by atoms with Gasteiger partial charge in [0.2, 0.25) is 0 Å². The van der Waals surface area contributed by atoms with Gasteiger partial charge in [-0.3, -0.25) is 4.79 Å². The third kappa shape index (κ3) is 3.19. The maximum absolute atomic E-state index is 11.9. The maximum atomic E-state index is 11.9. The Kier molecular flexibility index (Phi) is 3.99. The minimum atomic E-state index is 0.446. The molecule has 1 nitrogen and oxygen atoms in total. The van der Waals surface area contributed by atoms with Crippen molar-refractivity contribution in [1.82, 2.24) is 0 Å². The lowest BCUT2D eigenvalue weighted by molar-refractivity contribution is -0.116. The SMILES string of the molecule is O=C(CCC1CCCC1)C1=CCCCC1. The molecule has 1 fully saturated rings. The monoisotopic (exact) mass is 206 g/mol. The number of rotatable bonds is 4. The lowest BCUT2D eigenvalue weighted by atomic mass is 9.92. The summed E-state index contributed by atoms with van der Waals surface area (Å²) in [4.78, 5) is 11.9. The normalized spacial score (nSPS) is 22.8. The largest absolute Gasteiger partial charge is 0.295 e. The van der Waals surface area contributed by atoms with Crippen molar-refractivity contribution >= 4 is 5.78 Å². The second kappa shape index (κ2) is 5.48. The van der Waals surface area contributed by atoms with E-state index in [1.165, 1.54) is 38.5 Å². The molecule has 1 heteroatoms. The fourth-order valence-electron chi connectivity index (χ4n) is 2.89. The van der Waals surface area contributed by atoms with E-state index < -0.39 is 0 Å². The summed E-state index contributed by atoms with van der Waals surface area (Å²) in [6, 6.07) is 0. The van der Waals surface area contributed by atoms with E-state index in [9.17, 15) is 4.79 Å². The van der Waals surface area contributed by atoms with Crippen LogP contribution >= 0.6 is 0 Å². The van der Waals surface area contributed by atoms with Gasteiger partial charge >= 0.3 is 0 Å². The summed E-state index contributed by atoms with van der Waals surface area (Å²) in [6.07, 6.45) is 14.3. The molecule has 1 saturated carbocycles. The molecule has 2 rings (SSSR count). The first-order valence-electron chi connectivity index (χ1n) is 6.58. The van der Waals surface area contributed by atoms with E-state index in [-0.39, 0.29) is 0 Å². The predicted molar refractivity (Wildman–Crippen MR) is 62.8 cm³/mol. The zero-order chi connectivity index (χ0) is 10.5. The summed E-state index contributed by atoms with van der Waals surface area (Å²) in [7, 11) is 0. The standard InChI is InChI=1S/C14H22O/c15-14(13-8-2-1-3-9-13)11-10-12-6-4-5-7-12/h8,12H,1-7,9-11H2. The number of carbonyl (C=O) groups excluding carboxylic acids is 1. The van der Waals surface area contributed by atoms with Crippen LogP contribution in [0.3, 0.4) is 0 Å². The molecule has 0 bridgehead atoms. The zero-order valence-corrected chi connectivity index (χ0v) is 9.63. The van der Waals surface area contributed by atoms with Crippen LogP contribution in [0.4, 0.5) is 0 Å². The average Bonchev–Trinajstić information content (AvgIpc) is 2.80. The van der Waals surface area contributed by atoms with Crippen LogP contribution in [0.25, 0.3) is 0 Å². The molecule has 2 aliphatic carbocycles. The van der Waals surface area contributed by atoms with Crippen LogP contribution in [0.15, 0.2) is 11.6 Å². The number of ketones is 1. The Morgan fingerprint density at radius 1 is 1.20 bits per heavy atom. The minimum absolute atomic E-state index is 0.446. The van der Waals surface area contributed by atoms with Crippen molar-refractivity contribution in [2.45, 2.75) is 64.2 Å². The van der Waals surface area contributed by atoms with Gasteiger partial charge in [0.25, 0.3) is 0 Å². The van der Waals surface area contributed by atoms with E-state index >= 15 is 0 Å². The van der Waals surface area contributed by atoms with Crippen LogP contribution in [0.1, 0.15) is 64.2 Å². The molecule has 0 aromatic carbocycles. The third-order valence-corrected chi connectivity index (χ3v) is 3.90. The summed E-state index contributed by atoms with van der Waals surface area (Å²) in [5, 5.41) is 0. The molecule has 0 saturated heterocycles. The van der Waals surface area contributed by atoms with Crippen molar-refractivity contribution in [2.75, 3.05) is 0 Å². The van der Waals surface area contributed by atoms with Crippen LogP contribution in [0, 0.1) is 5.92 Å². The fraction of sp³-hybridized carbons (Fsp3) is 0.786. The van der Waals surface area contributed by atoms with Gasteiger partial charge < -0.3 is 0 Å². The van der Waals surface area contributed by atoms with E-state index in [2.05, 4.69) is 6.08 Å². The zero-order valence-electron chi connectivity index (χ0n) is 9.63. The van der Waals surface area contributed by atoms with Gasteiger partial charge in [0.15, 0.2) is 5.78 Å². The quantitative estimate of drug-likeness (QED) is 0.678. The van der Waals surface area contributed by atoms with Gasteiger partial charge in [-0.05, 0) is 43.6 Å². The van der Waals surface area contributed by atoms with Crippen molar-refractivity contribution in [3.8, 4) is 0 Å². The fourth-order valence-corrected chi connectivity index (χ4v) is 2.89. The Morgan fingerprint density at radius 2 is 2.00 bits per heavy atom. The molecule has 0 amide bonds. The number of allylic oxidation sites excluding steroid dienone is 2. The van der Waals surface area contributed by atoms with Crippen LogP contribution in [0.2, 0.25) is 0 Å². The molecule has 15 heavy (non-hydrogen) atoms. The minimum Gasteiger partial charge on any atom is -0.295 e. The lowest BCUT2D eigenvalue weighted by Gasteiger charge is -2.13. The van der Waals surface area contributed by atoms with Gasteiger partial charge in [0, 0.05) is 6.42 Å². The summed E-state index contributed by atoms with van der Waals surface area (Å²) >= 11 is 0. The first-order valence-corrected chi connectivity index (χ1v) is 6.58. The van der Waals surface area contributed by atoms with Gasteiger partial charge in [-0.25, -0.2) is 0 Å². The Balaban J connectivity index is 1.73. The van der Waals surface area contributed by atoms with Crippen molar-refractivity contribution in [1.29, 1.82) is 0 Å². The maximum Gasteiger partial charge on any atom is 0.158 e. The van der Waals surface area contributed by atoms with Gasteiger partial charge in [-0.2, -0.15) is 0 Å². The molecule has 0 aromatic rings. The first kappa shape index (κ1) is 10.9. The molecule has 0 aromatic heterocycles. The summed E-state index contributed by atoms with van der Waals surface area (Å²) in [5.74, 6) is 1.31. The molecule has 0 spiro atoms. The van der Waals surface area contributed by atoms with E-state index in [1.807, 2.05) is 0 Å². The molecular formula is C14H22O.